The zero-order chi connectivity index (χ0) is 16.2. The van der Waals surface area contributed by atoms with Crippen molar-refractivity contribution in [2.45, 2.75) is 18.9 Å². The molecule has 0 fully saturated rings. The van der Waals surface area contributed by atoms with Gasteiger partial charge >= 0.3 is 17.9 Å². The Morgan fingerprint density at radius 1 is 1.29 bits per heavy atom. The summed E-state index contributed by atoms with van der Waals surface area (Å²) in [4.78, 5) is 44.3. The highest BCUT2D eigenvalue weighted by molar-refractivity contribution is 6.04. The second-order valence-corrected chi connectivity index (χ2v) is 4.13. The van der Waals surface area contributed by atoms with E-state index in [-0.39, 0.29) is 17.7 Å². The predicted octanol–water partition coefficient (Wildman–Crippen LogP) is -0.834. The first-order chi connectivity index (χ1) is 9.73. The Morgan fingerprint density at radius 2 is 1.90 bits per heavy atom. The number of aromatic carboxylic acids is 1. The number of carbonyl (C=O) groups is 4. The van der Waals surface area contributed by atoms with Gasteiger partial charge in [-0.1, -0.05) is 0 Å². The summed E-state index contributed by atoms with van der Waals surface area (Å²) in [5, 5.41) is 32.1. The van der Waals surface area contributed by atoms with E-state index in [2.05, 4.69) is 10.4 Å². The summed E-state index contributed by atoms with van der Waals surface area (Å²) < 4.78 is 0.995. The van der Waals surface area contributed by atoms with Crippen LogP contribution in [0.15, 0.2) is 6.20 Å². The number of amides is 1. The fourth-order valence-electron chi connectivity index (χ4n) is 1.62. The van der Waals surface area contributed by atoms with Crippen molar-refractivity contribution in [3.63, 3.8) is 0 Å². The zero-order valence-corrected chi connectivity index (χ0v) is 10.9. The molecule has 0 aliphatic carbocycles. The van der Waals surface area contributed by atoms with Crippen LogP contribution in [-0.2, 0) is 16.6 Å². The van der Waals surface area contributed by atoms with E-state index < -0.39 is 36.3 Å². The number of hydrogen-bond donors (Lipinski definition) is 4. The molecular formula is C11H13N3O7. The fourth-order valence-corrected chi connectivity index (χ4v) is 1.62. The number of aliphatic carboxylic acids is 2. The molecule has 10 nitrogen and oxygen atoms in total. The molecule has 0 bridgehead atoms. The summed E-state index contributed by atoms with van der Waals surface area (Å²) in [6.07, 6.45) is 0.190. The first kappa shape index (κ1) is 16.1. The molecule has 1 atom stereocenters. The molecule has 1 aromatic rings. The average molecular weight is 299 g/mol. The summed E-state index contributed by atoms with van der Waals surface area (Å²) in [7, 11) is 1.33. The lowest BCUT2D eigenvalue weighted by Gasteiger charge is -2.13. The molecule has 114 valence electrons. The average Bonchev–Trinajstić information content (AvgIpc) is 2.75. The molecule has 1 amide bonds. The number of carboxylic acid groups (broad SMARTS) is 3. The summed E-state index contributed by atoms with van der Waals surface area (Å²) in [6, 6.07) is -1.44. The Bertz CT molecular complexity index is 593. The van der Waals surface area contributed by atoms with Crippen molar-refractivity contribution in [2.75, 3.05) is 0 Å². The van der Waals surface area contributed by atoms with Crippen LogP contribution in [0.4, 0.5) is 0 Å². The number of nitrogens with zero attached hydrogens (tertiary/aromatic N) is 2. The van der Waals surface area contributed by atoms with Crippen LogP contribution in [0.5, 0.6) is 0 Å². The smallest absolute Gasteiger partial charge is 0.339 e. The van der Waals surface area contributed by atoms with Crippen LogP contribution in [0.25, 0.3) is 0 Å². The Kier molecular flexibility index (Phi) is 5.00. The predicted molar refractivity (Wildman–Crippen MR) is 65.9 cm³/mol. The molecule has 1 unspecified atom stereocenters. The van der Waals surface area contributed by atoms with Gasteiger partial charge in [0, 0.05) is 13.5 Å². The van der Waals surface area contributed by atoms with Gasteiger partial charge in [0.2, 0.25) is 0 Å². The monoisotopic (exact) mass is 299 g/mol. The van der Waals surface area contributed by atoms with E-state index in [0.29, 0.717) is 0 Å². The standard InChI is InChI=1S/C11H13N3O7/c1-14-8(5(4-12-14)10(18)19)9(17)13-6(11(20)21)2-3-7(15)16/h4,6H,2-3H2,1H3,(H,13,17)(H,15,16)(H,18,19)(H,20,21). The van der Waals surface area contributed by atoms with Crippen LogP contribution >= 0.6 is 0 Å². The van der Waals surface area contributed by atoms with E-state index in [0.717, 1.165) is 10.9 Å². The zero-order valence-electron chi connectivity index (χ0n) is 10.9. The van der Waals surface area contributed by atoms with Gasteiger partial charge in [-0.25, -0.2) is 9.59 Å². The van der Waals surface area contributed by atoms with Gasteiger partial charge in [0.05, 0.1) is 6.20 Å². The van der Waals surface area contributed by atoms with Crippen molar-refractivity contribution < 1.29 is 34.5 Å². The van der Waals surface area contributed by atoms with Crippen LogP contribution in [-0.4, -0.2) is 55.0 Å². The molecule has 4 N–H and O–H groups in total. The van der Waals surface area contributed by atoms with Gasteiger partial charge in [0.25, 0.3) is 5.91 Å². The molecule has 0 aliphatic rings. The number of carbonyl (C=O) groups excluding carboxylic acids is 1. The highest BCUT2D eigenvalue weighted by Gasteiger charge is 2.26. The molecule has 0 aromatic carbocycles. The maximum absolute atomic E-state index is 12.0. The Balaban J connectivity index is 2.92. The van der Waals surface area contributed by atoms with Crippen molar-refractivity contribution in [1.29, 1.82) is 0 Å². The quantitative estimate of drug-likeness (QED) is 0.507. The topological polar surface area (TPSA) is 159 Å². The van der Waals surface area contributed by atoms with Crippen molar-refractivity contribution in [3.8, 4) is 0 Å². The van der Waals surface area contributed by atoms with Crippen LogP contribution < -0.4 is 5.32 Å². The van der Waals surface area contributed by atoms with Crippen LogP contribution in [0.1, 0.15) is 33.7 Å². The van der Waals surface area contributed by atoms with Crippen molar-refractivity contribution in [3.05, 3.63) is 17.5 Å². The van der Waals surface area contributed by atoms with Crippen LogP contribution in [0.2, 0.25) is 0 Å². The number of carboxylic acids is 3. The number of rotatable bonds is 7. The van der Waals surface area contributed by atoms with Gasteiger partial charge in [-0.2, -0.15) is 5.10 Å². The third kappa shape index (κ3) is 4.03. The second-order valence-electron chi connectivity index (χ2n) is 4.13. The van der Waals surface area contributed by atoms with E-state index in [1.807, 2.05) is 0 Å². The van der Waals surface area contributed by atoms with Crippen LogP contribution in [0.3, 0.4) is 0 Å². The molecule has 21 heavy (non-hydrogen) atoms. The minimum atomic E-state index is -1.44. The Morgan fingerprint density at radius 3 is 2.38 bits per heavy atom. The SMILES string of the molecule is Cn1ncc(C(=O)O)c1C(=O)NC(CCC(=O)O)C(=O)O. The van der Waals surface area contributed by atoms with Gasteiger partial charge in [-0.15, -0.1) is 0 Å². The lowest BCUT2D eigenvalue weighted by atomic mass is 10.1. The Hall–Kier alpha value is -2.91. The van der Waals surface area contributed by atoms with Gasteiger partial charge in [0.15, 0.2) is 0 Å². The van der Waals surface area contributed by atoms with Crippen molar-refractivity contribution in [2.24, 2.45) is 7.05 Å². The molecule has 1 rings (SSSR count). The second kappa shape index (κ2) is 6.50. The minimum Gasteiger partial charge on any atom is -0.481 e. The van der Waals surface area contributed by atoms with E-state index in [1.54, 1.807) is 0 Å². The highest BCUT2D eigenvalue weighted by Crippen LogP contribution is 2.09. The highest BCUT2D eigenvalue weighted by atomic mass is 16.4. The van der Waals surface area contributed by atoms with E-state index in [9.17, 15) is 19.2 Å². The maximum atomic E-state index is 12.0. The Labute approximate surface area is 118 Å². The fraction of sp³-hybridized carbons (Fsp3) is 0.364. The van der Waals surface area contributed by atoms with Gasteiger partial charge in [0.1, 0.15) is 17.3 Å². The van der Waals surface area contributed by atoms with Gasteiger partial charge in [-0.05, 0) is 6.42 Å². The van der Waals surface area contributed by atoms with Gasteiger partial charge < -0.3 is 20.6 Å². The number of hydrogen-bond acceptors (Lipinski definition) is 5. The van der Waals surface area contributed by atoms with Crippen molar-refractivity contribution in [1.82, 2.24) is 15.1 Å². The molecule has 0 spiro atoms. The summed E-state index contributed by atoms with van der Waals surface area (Å²) >= 11 is 0. The molecule has 0 aliphatic heterocycles. The molecule has 1 heterocycles. The summed E-state index contributed by atoms with van der Waals surface area (Å²) in [5.74, 6) is -4.96. The van der Waals surface area contributed by atoms with E-state index >= 15 is 0 Å². The van der Waals surface area contributed by atoms with E-state index in [1.165, 1.54) is 7.05 Å². The number of aromatic nitrogens is 2. The molecule has 1 aromatic heterocycles. The lowest BCUT2D eigenvalue weighted by molar-refractivity contribution is -0.140. The van der Waals surface area contributed by atoms with Crippen LogP contribution in [0, 0.1) is 0 Å². The molecular weight excluding hydrogens is 286 g/mol. The molecule has 0 radical (unpaired) electrons. The molecule has 0 saturated carbocycles. The molecule has 10 heteroatoms. The first-order valence-corrected chi connectivity index (χ1v) is 5.74. The lowest BCUT2D eigenvalue weighted by Crippen LogP contribution is -2.42. The largest absolute Gasteiger partial charge is 0.481 e. The first-order valence-electron chi connectivity index (χ1n) is 5.74. The third-order valence-corrected chi connectivity index (χ3v) is 2.63. The third-order valence-electron chi connectivity index (χ3n) is 2.63. The summed E-state index contributed by atoms with van der Waals surface area (Å²) in [6.45, 7) is 0. The summed E-state index contributed by atoms with van der Waals surface area (Å²) in [5.41, 5.74) is -0.693. The van der Waals surface area contributed by atoms with E-state index in [4.69, 9.17) is 15.3 Å². The molecule has 0 saturated heterocycles. The number of aryl methyl sites for hydroxylation is 1. The van der Waals surface area contributed by atoms with Gasteiger partial charge in [-0.3, -0.25) is 14.3 Å². The normalized spacial score (nSPS) is 11.7. The maximum Gasteiger partial charge on any atom is 0.339 e. The number of nitrogens with one attached hydrogen (secondary N) is 1. The van der Waals surface area contributed by atoms with Crippen molar-refractivity contribution >= 4 is 23.8 Å². The minimum absolute atomic E-state index is 0.316.